The van der Waals surface area contributed by atoms with Crippen molar-refractivity contribution in [3.8, 4) is 11.5 Å². The molecule has 1 N–H and O–H groups in total. The Morgan fingerprint density at radius 1 is 0.909 bits per heavy atom. The summed E-state index contributed by atoms with van der Waals surface area (Å²) < 4.78 is 10.6. The number of ether oxygens (including phenoxy) is 2. The van der Waals surface area contributed by atoms with Gasteiger partial charge >= 0.3 is 6.03 Å². The molecule has 2 aliphatic rings. The van der Waals surface area contributed by atoms with Gasteiger partial charge in [0.2, 0.25) is 6.79 Å². The van der Waals surface area contributed by atoms with Gasteiger partial charge in [-0.3, -0.25) is 14.5 Å². The van der Waals surface area contributed by atoms with E-state index < -0.39 is 17.5 Å². The molecular weight excluding hydrogens is 420 g/mol. The summed E-state index contributed by atoms with van der Waals surface area (Å²) in [4.78, 5) is 40.9. The SMILES string of the molecule is Cc1ccc(C2(c3ccccc3)NC(=O)N(CC(=O)c3ccc4c(c3)OCO4)C2=O)cc1C. The lowest BCUT2D eigenvalue weighted by molar-refractivity contribution is -0.129. The molecule has 3 amide bonds. The van der Waals surface area contributed by atoms with Crippen LogP contribution in [0.15, 0.2) is 66.7 Å². The predicted octanol–water partition coefficient (Wildman–Crippen LogP) is 3.71. The van der Waals surface area contributed by atoms with E-state index in [1.54, 1.807) is 30.3 Å². The molecule has 1 atom stereocenters. The van der Waals surface area contributed by atoms with E-state index in [1.807, 2.05) is 50.2 Å². The molecule has 0 radical (unpaired) electrons. The minimum Gasteiger partial charge on any atom is -0.454 e. The Morgan fingerprint density at radius 2 is 1.67 bits per heavy atom. The summed E-state index contributed by atoms with van der Waals surface area (Å²) in [5.74, 6) is 0.156. The fourth-order valence-electron chi connectivity index (χ4n) is 4.25. The fraction of sp³-hybridized carbons (Fsp3) is 0.192. The second kappa shape index (κ2) is 7.78. The molecule has 7 nitrogen and oxygen atoms in total. The number of ketones is 1. The van der Waals surface area contributed by atoms with Crippen molar-refractivity contribution in [1.82, 2.24) is 10.2 Å². The van der Waals surface area contributed by atoms with Crippen LogP contribution in [0.1, 0.15) is 32.6 Å². The zero-order valence-electron chi connectivity index (χ0n) is 18.3. The molecule has 5 rings (SSSR count). The van der Waals surface area contributed by atoms with E-state index in [1.165, 1.54) is 0 Å². The highest BCUT2D eigenvalue weighted by atomic mass is 16.7. The van der Waals surface area contributed by atoms with Crippen LogP contribution in [0, 0.1) is 13.8 Å². The largest absolute Gasteiger partial charge is 0.454 e. The van der Waals surface area contributed by atoms with Gasteiger partial charge in [-0.25, -0.2) is 4.79 Å². The van der Waals surface area contributed by atoms with Crippen molar-refractivity contribution in [2.45, 2.75) is 19.4 Å². The smallest absolute Gasteiger partial charge is 0.325 e. The zero-order valence-corrected chi connectivity index (χ0v) is 18.3. The molecule has 0 saturated carbocycles. The average Bonchev–Trinajstić information content (AvgIpc) is 3.39. The molecule has 2 aliphatic heterocycles. The first-order chi connectivity index (χ1) is 15.9. The zero-order chi connectivity index (χ0) is 23.2. The third kappa shape index (κ3) is 3.33. The van der Waals surface area contributed by atoms with Gasteiger partial charge in [-0.15, -0.1) is 0 Å². The number of fused-ring (bicyclic) bond motifs is 1. The molecule has 33 heavy (non-hydrogen) atoms. The molecule has 1 saturated heterocycles. The van der Waals surface area contributed by atoms with Crippen molar-refractivity contribution >= 4 is 17.7 Å². The van der Waals surface area contributed by atoms with Crippen molar-refractivity contribution in [1.29, 1.82) is 0 Å². The number of aryl methyl sites for hydroxylation is 2. The highest BCUT2D eigenvalue weighted by Gasteiger charge is 2.54. The van der Waals surface area contributed by atoms with E-state index in [9.17, 15) is 14.4 Å². The molecule has 166 valence electrons. The number of carbonyl (C=O) groups excluding carboxylic acids is 3. The minimum absolute atomic E-state index is 0.0928. The van der Waals surface area contributed by atoms with Gasteiger partial charge in [-0.1, -0.05) is 48.5 Å². The number of hydrogen-bond acceptors (Lipinski definition) is 5. The molecule has 0 spiro atoms. The normalized spacial score (nSPS) is 19.0. The van der Waals surface area contributed by atoms with E-state index >= 15 is 0 Å². The van der Waals surface area contributed by atoms with Crippen LogP contribution in [-0.4, -0.2) is 36.0 Å². The van der Waals surface area contributed by atoms with Crippen molar-refractivity contribution < 1.29 is 23.9 Å². The first kappa shape index (κ1) is 20.8. The Hall–Kier alpha value is -4.13. The molecule has 0 bridgehead atoms. The third-order valence-electron chi connectivity index (χ3n) is 6.25. The number of rotatable bonds is 5. The highest BCUT2D eigenvalue weighted by molar-refractivity contribution is 6.13. The number of amides is 3. The van der Waals surface area contributed by atoms with Gasteiger partial charge in [0.05, 0.1) is 6.54 Å². The number of hydrogen-bond donors (Lipinski definition) is 1. The lowest BCUT2D eigenvalue weighted by Crippen LogP contribution is -2.45. The van der Waals surface area contributed by atoms with Gasteiger partial charge in [-0.05, 0) is 54.3 Å². The Labute approximate surface area is 190 Å². The average molecular weight is 442 g/mol. The van der Waals surface area contributed by atoms with Gasteiger partial charge < -0.3 is 14.8 Å². The predicted molar refractivity (Wildman–Crippen MR) is 120 cm³/mol. The van der Waals surface area contributed by atoms with Crippen LogP contribution in [0.3, 0.4) is 0 Å². The number of nitrogens with one attached hydrogen (secondary N) is 1. The molecule has 0 aromatic heterocycles. The molecule has 0 aliphatic carbocycles. The maximum atomic E-state index is 13.8. The van der Waals surface area contributed by atoms with Crippen LogP contribution in [0.25, 0.3) is 0 Å². The maximum absolute atomic E-state index is 13.8. The molecule has 7 heteroatoms. The summed E-state index contributed by atoms with van der Waals surface area (Å²) >= 11 is 0. The van der Waals surface area contributed by atoms with E-state index in [0.29, 0.717) is 28.2 Å². The van der Waals surface area contributed by atoms with E-state index in [4.69, 9.17) is 9.47 Å². The maximum Gasteiger partial charge on any atom is 0.325 e. The van der Waals surface area contributed by atoms with Crippen LogP contribution >= 0.6 is 0 Å². The fourth-order valence-corrected chi connectivity index (χ4v) is 4.25. The van der Waals surface area contributed by atoms with Crippen LogP contribution in [-0.2, 0) is 10.3 Å². The highest BCUT2D eigenvalue weighted by Crippen LogP contribution is 2.37. The van der Waals surface area contributed by atoms with Gasteiger partial charge in [0.15, 0.2) is 22.8 Å². The van der Waals surface area contributed by atoms with Gasteiger partial charge in [0, 0.05) is 5.56 Å². The number of carbonyl (C=O) groups is 3. The van der Waals surface area contributed by atoms with Gasteiger partial charge in [-0.2, -0.15) is 0 Å². The minimum atomic E-state index is -1.41. The van der Waals surface area contributed by atoms with E-state index in [2.05, 4.69) is 5.32 Å². The van der Waals surface area contributed by atoms with Crippen molar-refractivity contribution in [3.63, 3.8) is 0 Å². The third-order valence-corrected chi connectivity index (χ3v) is 6.25. The van der Waals surface area contributed by atoms with Crippen LogP contribution in [0.5, 0.6) is 11.5 Å². The second-order valence-electron chi connectivity index (χ2n) is 8.23. The number of nitrogens with zero attached hydrogens (tertiary/aromatic N) is 1. The molecule has 3 aromatic carbocycles. The van der Waals surface area contributed by atoms with Gasteiger partial charge in [0.1, 0.15) is 0 Å². The van der Waals surface area contributed by atoms with Crippen molar-refractivity contribution in [3.05, 3.63) is 94.5 Å². The summed E-state index contributed by atoms with van der Waals surface area (Å²) in [6, 6.07) is 19.0. The van der Waals surface area contributed by atoms with Gasteiger partial charge in [0.25, 0.3) is 5.91 Å². The Kier molecular flexibility index (Phi) is 4.89. The summed E-state index contributed by atoms with van der Waals surface area (Å²) in [6.45, 7) is 3.65. The summed E-state index contributed by atoms with van der Waals surface area (Å²) in [7, 11) is 0. The Bertz CT molecular complexity index is 1290. The summed E-state index contributed by atoms with van der Waals surface area (Å²) in [5, 5.41) is 2.89. The molecular formula is C26H22N2O5. The summed E-state index contributed by atoms with van der Waals surface area (Å²) in [6.07, 6.45) is 0. The first-order valence-corrected chi connectivity index (χ1v) is 10.6. The molecule has 1 fully saturated rings. The Morgan fingerprint density at radius 3 is 2.42 bits per heavy atom. The summed E-state index contributed by atoms with van der Waals surface area (Å²) in [5.41, 5.74) is 2.28. The molecule has 1 unspecified atom stereocenters. The van der Waals surface area contributed by atoms with Crippen LogP contribution in [0.4, 0.5) is 4.79 Å². The topological polar surface area (TPSA) is 84.9 Å². The van der Waals surface area contributed by atoms with Crippen molar-refractivity contribution in [2.24, 2.45) is 0 Å². The molecule has 2 heterocycles. The quantitative estimate of drug-likeness (QED) is 0.481. The number of imide groups is 1. The Balaban J connectivity index is 1.52. The first-order valence-electron chi connectivity index (χ1n) is 10.6. The lowest BCUT2D eigenvalue weighted by atomic mass is 9.81. The standard InChI is InChI=1S/C26H22N2O5/c1-16-8-10-20(12-17(16)2)26(19-6-4-3-5-7-19)24(30)28(25(31)27-26)14-21(29)18-9-11-22-23(13-18)33-15-32-22/h3-13H,14-15H2,1-2H3,(H,27,31). The van der Waals surface area contributed by atoms with Crippen molar-refractivity contribution in [2.75, 3.05) is 13.3 Å². The van der Waals surface area contributed by atoms with Crippen LogP contribution in [0.2, 0.25) is 0 Å². The van der Waals surface area contributed by atoms with Crippen LogP contribution < -0.4 is 14.8 Å². The number of benzene rings is 3. The van der Waals surface area contributed by atoms with E-state index in [-0.39, 0.29) is 19.1 Å². The number of Topliss-reactive ketones (excluding diaryl/α,β-unsaturated/α-hetero) is 1. The monoisotopic (exact) mass is 442 g/mol. The number of urea groups is 1. The van der Waals surface area contributed by atoms with E-state index in [0.717, 1.165) is 16.0 Å². The second-order valence-corrected chi connectivity index (χ2v) is 8.23. The molecule has 3 aromatic rings. The lowest BCUT2D eigenvalue weighted by Gasteiger charge is -2.28.